The highest BCUT2D eigenvalue weighted by molar-refractivity contribution is 7.89. The van der Waals surface area contributed by atoms with Crippen molar-refractivity contribution in [3.63, 3.8) is 0 Å². The van der Waals surface area contributed by atoms with E-state index in [2.05, 4.69) is 17.1 Å². The van der Waals surface area contributed by atoms with Crippen molar-refractivity contribution < 1.29 is 21.6 Å². The molecule has 2 N–H and O–H groups in total. The van der Waals surface area contributed by atoms with Gasteiger partial charge >= 0.3 is 6.18 Å². The molecule has 0 fully saturated rings. The molecule has 1 aromatic carbocycles. The lowest BCUT2D eigenvalue weighted by Crippen LogP contribution is -2.12. The van der Waals surface area contributed by atoms with Gasteiger partial charge in [0, 0.05) is 17.2 Å². The van der Waals surface area contributed by atoms with Crippen LogP contribution in [0.25, 0.3) is 11.1 Å². The topological polar surface area (TPSA) is 73.1 Å². The number of hydrogen-bond donors (Lipinski definition) is 1. The third-order valence-corrected chi connectivity index (χ3v) is 6.23. The molecule has 1 aliphatic carbocycles. The SMILES string of the molecule is CCC1(CC)C=C(c2ccc(C(F)(F)F)cc2)C(c2ccc(S(N)(=O)=O)cn2)=C1. The molecule has 8 heteroatoms. The number of benzene rings is 1. The van der Waals surface area contributed by atoms with E-state index >= 15 is 0 Å². The van der Waals surface area contributed by atoms with Crippen LogP contribution in [0.15, 0.2) is 59.6 Å². The van der Waals surface area contributed by atoms with Gasteiger partial charge in [0.15, 0.2) is 0 Å². The number of pyridine rings is 1. The van der Waals surface area contributed by atoms with Crippen LogP contribution in [0.3, 0.4) is 0 Å². The molecule has 154 valence electrons. The van der Waals surface area contributed by atoms with Crippen LogP contribution in [0.4, 0.5) is 13.2 Å². The van der Waals surface area contributed by atoms with E-state index < -0.39 is 21.8 Å². The van der Waals surface area contributed by atoms with E-state index in [-0.39, 0.29) is 10.3 Å². The second-order valence-electron chi connectivity index (χ2n) is 7.06. The van der Waals surface area contributed by atoms with Gasteiger partial charge in [0.2, 0.25) is 10.0 Å². The standard InChI is InChI=1S/C21H21F3N2O2S/c1-3-20(4-2)11-17(14-5-7-15(8-6-14)21(22,23)24)18(12-20)19-10-9-16(13-26-19)29(25,27)28/h5-13H,3-4H2,1-2H3,(H2,25,27,28). The summed E-state index contributed by atoms with van der Waals surface area (Å²) in [6.45, 7) is 4.09. The van der Waals surface area contributed by atoms with Crippen molar-refractivity contribution in [2.45, 2.75) is 37.8 Å². The first-order chi connectivity index (χ1) is 13.5. The molecular formula is C21H21F3N2O2S. The fourth-order valence-corrected chi connectivity index (χ4v) is 3.89. The minimum Gasteiger partial charge on any atom is -0.255 e. The number of alkyl halides is 3. The van der Waals surface area contributed by atoms with Gasteiger partial charge in [0.1, 0.15) is 4.90 Å². The Bertz CT molecular complexity index is 1060. The van der Waals surface area contributed by atoms with Gasteiger partial charge in [-0.05, 0) is 48.2 Å². The molecule has 0 spiro atoms. The number of primary sulfonamides is 1. The number of nitrogens with zero attached hydrogens (tertiary/aromatic N) is 1. The van der Waals surface area contributed by atoms with Crippen molar-refractivity contribution in [2.24, 2.45) is 10.6 Å². The zero-order valence-electron chi connectivity index (χ0n) is 16.0. The van der Waals surface area contributed by atoms with Crippen molar-refractivity contribution in [3.05, 3.63) is 71.6 Å². The average molecular weight is 422 g/mol. The molecule has 2 aromatic rings. The average Bonchev–Trinajstić information content (AvgIpc) is 3.07. The van der Waals surface area contributed by atoms with Crippen LogP contribution in [0.2, 0.25) is 0 Å². The van der Waals surface area contributed by atoms with E-state index in [1.807, 2.05) is 13.8 Å². The predicted molar refractivity (Wildman–Crippen MR) is 106 cm³/mol. The van der Waals surface area contributed by atoms with E-state index in [1.165, 1.54) is 24.4 Å². The first kappa shape index (κ1) is 21.3. The highest BCUT2D eigenvalue weighted by Gasteiger charge is 2.33. The molecule has 1 aromatic heterocycles. The lowest BCUT2D eigenvalue weighted by molar-refractivity contribution is -0.137. The number of aromatic nitrogens is 1. The normalized spacial score (nSPS) is 16.5. The summed E-state index contributed by atoms with van der Waals surface area (Å²) in [4.78, 5) is 4.15. The van der Waals surface area contributed by atoms with E-state index in [0.717, 1.165) is 36.1 Å². The summed E-state index contributed by atoms with van der Waals surface area (Å²) in [5, 5.41) is 5.13. The third kappa shape index (κ3) is 4.28. The molecule has 0 radical (unpaired) electrons. The summed E-state index contributed by atoms with van der Waals surface area (Å²) in [5.74, 6) is 0. The highest BCUT2D eigenvalue weighted by atomic mass is 32.2. The maximum Gasteiger partial charge on any atom is 0.416 e. The molecule has 29 heavy (non-hydrogen) atoms. The molecule has 0 saturated carbocycles. The molecular weight excluding hydrogens is 401 g/mol. The summed E-state index contributed by atoms with van der Waals surface area (Å²) in [6.07, 6.45) is 2.52. The van der Waals surface area contributed by atoms with Crippen LogP contribution in [0.1, 0.15) is 43.5 Å². The third-order valence-electron chi connectivity index (χ3n) is 5.33. The summed E-state index contributed by atoms with van der Waals surface area (Å²) in [6, 6.07) is 7.95. The minimum absolute atomic E-state index is 0.0999. The Balaban J connectivity index is 2.08. The Morgan fingerprint density at radius 3 is 2.00 bits per heavy atom. The Morgan fingerprint density at radius 1 is 0.966 bits per heavy atom. The van der Waals surface area contributed by atoms with Crippen molar-refractivity contribution in [3.8, 4) is 0 Å². The lowest BCUT2D eigenvalue weighted by atomic mass is 9.84. The van der Waals surface area contributed by atoms with Crippen LogP contribution in [0.5, 0.6) is 0 Å². The lowest BCUT2D eigenvalue weighted by Gasteiger charge is -2.20. The second kappa shape index (κ2) is 7.42. The van der Waals surface area contributed by atoms with Gasteiger partial charge in [0.05, 0.1) is 11.3 Å². The van der Waals surface area contributed by atoms with Crippen LogP contribution in [-0.4, -0.2) is 13.4 Å². The highest BCUT2D eigenvalue weighted by Crippen LogP contribution is 2.47. The molecule has 0 amide bonds. The number of halogens is 3. The largest absolute Gasteiger partial charge is 0.416 e. The smallest absolute Gasteiger partial charge is 0.255 e. The Morgan fingerprint density at radius 2 is 1.55 bits per heavy atom. The fraction of sp³-hybridized carbons (Fsp3) is 0.286. The maximum absolute atomic E-state index is 12.9. The first-order valence-electron chi connectivity index (χ1n) is 9.12. The van der Waals surface area contributed by atoms with Crippen LogP contribution in [-0.2, 0) is 16.2 Å². The first-order valence-corrected chi connectivity index (χ1v) is 10.7. The summed E-state index contributed by atoms with van der Waals surface area (Å²) < 4.78 is 61.7. The quantitative estimate of drug-likeness (QED) is 0.734. The minimum atomic E-state index is -4.40. The molecule has 4 nitrogen and oxygen atoms in total. The van der Waals surface area contributed by atoms with Gasteiger partial charge in [-0.1, -0.05) is 38.1 Å². The van der Waals surface area contributed by atoms with E-state index in [4.69, 9.17) is 5.14 Å². The van der Waals surface area contributed by atoms with Crippen molar-refractivity contribution in [1.29, 1.82) is 0 Å². The number of allylic oxidation sites excluding steroid dienone is 4. The summed E-state index contributed by atoms with van der Waals surface area (Å²) in [5.41, 5.74) is 1.76. The number of nitrogens with two attached hydrogens (primary N) is 1. The zero-order chi connectivity index (χ0) is 21.4. The molecule has 3 rings (SSSR count). The van der Waals surface area contributed by atoms with Crippen LogP contribution < -0.4 is 5.14 Å². The van der Waals surface area contributed by atoms with Crippen LogP contribution >= 0.6 is 0 Å². The van der Waals surface area contributed by atoms with Gasteiger partial charge in [-0.3, -0.25) is 4.98 Å². The van der Waals surface area contributed by atoms with E-state index in [9.17, 15) is 21.6 Å². The van der Waals surface area contributed by atoms with Crippen LogP contribution in [0, 0.1) is 5.41 Å². The molecule has 0 aliphatic heterocycles. The summed E-state index contributed by atoms with van der Waals surface area (Å²) >= 11 is 0. The molecule has 0 unspecified atom stereocenters. The monoisotopic (exact) mass is 422 g/mol. The Labute approximate surface area is 168 Å². The second-order valence-corrected chi connectivity index (χ2v) is 8.62. The van der Waals surface area contributed by atoms with Gasteiger partial charge in [-0.15, -0.1) is 0 Å². The molecule has 0 saturated heterocycles. The fourth-order valence-electron chi connectivity index (χ4n) is 3.43. The Kier molecular flexibility index (Phi) is 5.44. The molecule has 0 bridgehead atoms. The molecule has 1 aliphatic rings. The van der Waals surface area contributed by atoms with Gasteiger partial charge < -0.3 is 0 Å². The molecule has 0 atom stereocenters. The van der Waals surface area contributed by atoms with Crippen molar-refractivity contribution in [1.82, 2.24) is 4.98 Å². The van der Waals surface area contributed by atoms with E-state index in [1.54, 1.807) is 6.07 Å². The summed E-state index contributed by atoms with van der Waals surface area (Å²) in [7, 11) is -3.86. The maximum atomic E-state index is 12.9. The van der Waals surface area contributed by atoms with E-state index in [0.29, 0.717) is 11.3 Å². The van der Waals surface area contributed by atoms with Crippen molar-refractivity contribution in [2.75, 3.05) is 0 Å². The Hall–Kier alpha value is -2.45. The zero-order valence-corrected chi connectivity index (χ0v) is 16.8. The van der Waals surface area contributed by atoms with Crippen molar-refractivity contribution >= 4 is 21.2 Å². The molecule has 1 heterocycles. The van der Waals surface area contributed by atoms with Gasteiger partial charge in [0.25, 0.3) is 0 Å². The number of sulfonamides is 1. The number of hydrogen-bond acceptors (Lipinski definition) is 3. The van der Waals surface area contributed by atoms with Gasteiger partial charge in [-0.2, -0.15) is 13.2 Å². The predicted octanol–water partition coefficient (Wildman–Crippen LogP) is 5.03. The van der Waals surface area contributed by atoms with Gasteiger partial charge in [-0.25, -0.2) is 13.6 Å². The number of rotatable bonds is 5.